The predicted molar refractivity (Wildman–Crippen MR) is 185 cm³/mol. The molecule has 47 heavy (non-hydrogen) atoms. The standard InChI is InChI=1S/C36H51N5O6/c1-6-24-41(25-18-11-9-8-10-17-23-37-34(43)46-28-29-19-13-12-14-20-29)33(42)39-32(40-35(44)47-36(3,4)5)38-27-30-21-15-16-22-31(30)45-26-7-2/h6-7,12-16,19-22H,1-2,8-11,17-18,23-28H2,3-5H3,(H,37,43)(H2,38,39,40,42,44). The van der Waals surface area contributed by atoms with Gasteiger partial charge in [-0.1, -0.05) is 92.9 Å². The summed E-state index contributed by atoms with van der Waals surface area (Å²) in [6, 6.07) is 16.6. The summed E-state index contributed by atoms with van der Waals surface area (Å²) >= 11 is 0. The molecule has 0 unspecified atom stereocenters. The average molecular weight is 650 g/mol. The molecule has 0 aromatic heterocycles. The van der Waals surface area contributed by atoms with E-state index in [0.29, 0.717) is 32.0 Å². The van der Waals surface area contributed by atoms with Gasteiger partial charge in [0.2, 0.25) is 5.96 Å². The molecular formula is C36H51N5O6. The average Bonchev–Trinajstić information content (AvgIpc) is 3.03. The van der Waals surface area contributed by atoms with Crippen LogP contribution in [0.3, 0.4) is 0 Å². The Morgan fingerprint density at radius 2 is 1.55 bits per heavy atom. The van der Waals surface area contributed by atoms with E-state index in [4.69, 9.17) is 14.2 Å². The number of amides is 4. The highest BCUT2D eigenvalue weighted by Crippen LogP contribution is 2.18. The molecule has 256 valence electrons. The topological polar surface area (TPSA) is 131 Å². The summed E-state index contributed by atoms with van der Waals surface area (Å²) in [6.45, 7) is 14.9. The number of nitrogens with one attached hydrogen (secondary N) is 3. The van der Waals surface area contributed by atoms with Gasteiger partial charge in [-0.2, -0.15) is 0 Å². The first kappa shape index (κ1) is 38.4. The zero-order valence-electron chi connectivity index (χ0n) is 28.1. The van der Waals surface area contributed by atoms with E-state index < -0.39 is 23.8 Å². The number of ether oxygens (including phenoxy) is 3. The van der Waals surface area contributed by atoms with Crippen LogP contribution < -0.4 is 20.7 Å². The number of aliphatic imine (C=N–C) groups is 1. The van der Waals surface area contributed by atoms with Crippen molar-refractivity contribution in [2.24, 2.45) is 4.99 Å². The minimum absolute atomic E-state index is 0.0330. The van der Waals surface area contributed by atoms with Gasteiger partial charge in [0, 0.05) is 31.7 Å². The zero-order valence-corrected chi connectivity index (χ0v) is 28.1. The Kier molecular flexibility index (Phi) is 17.8. The van der Waals surface area contributed by atoms with Gasteiger partial charge in [0.25, 0.3) is 0 Å². The minimum Gasteiger partial charge on any atom is -0.489 e. The number of carbonyl (C=O) groups is 3. The molecule has 2 rings (SSSR count). The van der Waals surface area contributed by atoms with Crippen LogP contribution in [0.15, 0.2) is 84.9 Å². The number of alkyl carbamates (subject to hydrolysis) is 1. The van der Waals surface area contributed by atoms with Crippen LogP contribution in [0.1, 0.15) is 70.4 Å². The fraction of sp³-hybridized carbons (Fsp3) is 0.444. The van der Waals surface area contributed by atoms with Gasteiger partial charge >= 0.3 is 18.2 Å². The van der Waals surface area contributed by atoms with Crippen molar-refractivity contribution in [3.63, 3.8) is 0 Å². The fourth-order valence-electron chi connectivity index (χ4n) is 4.32. The maximum atomic E-state index is 13.3. The van der Waals surface area contributed by atoms with Crippen LogP contribution in [-0.4, -0.2) is 60.9 Å². The molecule has 0 spiro atoms. The number of hydrogen-bond acceptors (Lipinski definition) is 6. The Morgan fingerprint density at radius 1 is 0.872 bits per heavy atom. The summed E-state index contributed by atoms with van der Waals surface area (Å²) < 4.78 is 16.3. The van der Waals surface area contributed by atoms with Crippen LogP contribution >= 0.6 is 0 Å². The number of unbranched alkanes of at least 4 members (excludes halogenated alkanes) is 5. The van der Waals surface area contributed by atoms with Crippen LogP contribution in [0.2, 0.25) is 0 Å². The number of urea groups is 1. The quantitative estimate of drug-likeness (QED) is 0.0680. The second-order valence-electron chi connectivity index (χ2n) is 11.8. The number of rotatable bonds is 18. The molecule has 0 aliphatic heterocycles. The van der Waals surface area contributed by atoms with Gasteiger partial charge in [-0.3, -0.25) is 5.32 Å². The van der Waals surface area contributed by atoms with Crippen molar-refractivity contribution < 1.29 is 28.6 Å². The van der Waals surface area contributed by atoms with Gasteiger partial charge in [-0.15, -0.1) is 11.6 Å². The van der Waals surface area contributed by atoms with Gasteiger partial charge in [0.05, 0.1) is 0 Å². The molecule has 0 aliphatic carbocycles. The first-order valence-electron chi connectivity index (χ1n) is 16.1. The van der Waals surface area contributed by atoms with E-state index in [-0.39, 0.29) is 19.1 Å². The molecule has 0 atom stereocenters. The van der Waals surface area contributed by atoms with E-state index in [2.05, 4.69) is 34.1 Å². The van der Waals surface area contributed by atoms with Gasteiger partial charge in [-0.05, 0) is 45.2 Å². The molecule has 0 saturated carbocycles. The van der Waals surface area contributed by atoms with Gasteiger partial charge in [0.1, 0.15) is 24.6 Å². The summed E-state index contributed by atoms with van der Waals surface area (Å²) in [7, 11) is 0. The summed E-state index contributed by atoms with van der Waals surface area (Å²) in [5.74, 6) is 0.614. The van der Waals surface area contributed by atoms with Crippen molar-refractivity contribution in [2.45, 2.75) is 78.0 Å². The number of carbonyl (C=O) groups excluding carboxylic acids is 3. The lowest BCUT2D eigenvalue weighted by Gasteiger charge is -2.23. The van der Waals surface area contributed by atoms with Gasteiger partial charge in [0.15, 0.2) is 0 Å². The Balaban J connectivity index is 1.80. The number of guanidine groups is 1. The number of benzene rings is 2. The van der Waals surface area contributed by atoms with Gasteiger partial charge < -0.3 is 29.7 Å². The minimum atomic E-state index is -0.828. The third-order valence-corrected chi connectivity index (χ3v) is 6.57. The molecule has 11 nitrogen and oxygen atoms in total. The third kappa shape index (κ3) is 17.5. The van der Waals surface area contributed by atoms with E-state index in [1.165, 1.54) is 0 Å². The van der Waals surface area contributed by atoms with E-state index in [9.17, 15) is 14.4 Å². The van der Waals surface area contributed by atoms with Crippen molar-refractivity contribution in [3.05, 3.63) is 91.0 Å². The molecule has 0 bridgehead atoms. The lowest BCUT2D eigenvalue weighted by Crippen LogP contribution is -2.48. The van der Waals surface area contributed by atoms with Crippen molar-refractivity contribution in [1.82, 2.24) is 20.9 Å². The molecule has 2 aromatic carbocycles. The summed E-state index contributed by atoms with van der Waals surface area (Å²) in [5, 5.41) is 8.56. The van der Waals surface area contributed by atoms with E-state index in [0.717, 1.165) is 49.7 Å². The molecule has 3 N–H and O–H groups in total. The molecule has 0 saturated heterocycles. The van der Waals surface area contributed by atoms with Crippen molar-refractivity contribution in [2.75, 3.05) is 26.2 Å². The second-order valence-corrected chi connectivity index (χ2v) is 11.8. The highest BCUT2D eigenvalue weighted by atomic mass is 16.6. The maximum Gasteiger partial charge on any atom is 0.437 e. The van der Waals surface area contributed by atoms with Crippen molar-refractivity contribution in [1.29, 1.82) is 0 Å². The summed E-state index contributed by atoms with van der Waals surface area (Å²) in [4.78, 5) is 43.3. The van der Waals surface area contributed by atoms with E-state index in [1.54, 1.807) is 37.8 Å². The Bertz CT molecular complexity index is 1290. The summed E-state index contributed by atoms with van der Waals surface area (Å²) in [6.07, 6.45) is 7.67. The lowest BCUT2D eigenvalue weighted by molar-refractivity contribution is 0.0603. The molecule has 2 aromatic rings. The Hall–Kier alpha value is -4.80. The number of nitrogens with zero attached hydrogens (tertiary/aromatic N) is 2. The first-order valence-corrected chi connectivity index (χ1v) is 16.1. The molecule has 11 heteroatoms. The highest BCUT2D eigenvalue weighted by Gasteiger charge is 2.19. The molecule has 0 heterocycles. The highest BCUT2D eigenvalue weighted by molar-refractivity contribution is 6.00. The van der Waals surface area contributed by atoms with E-state index >= 15 is 0 Å². The number of hydrogen-bond donors (Lipinski definition) is 3. The molecule has 4 amide bonds. The van der Waals surface area contributed by atoms with Crippen LogP contribution in [0, 0.1) is 0 Å². The molecular weight excluding hydrogens is 598 g/mol. The van der Waals surface area contributed by atoms with Crippen molar-refractivity contribution in [3.8, 4) is 5.75 Å². The van der Waals surface area contributed by atoms with Crippen LogP contribution in [0.4, 0.5) is 14.4 Å². The smallest absolute Gasteiger partial charge is 0.437 e. The zero-order chi connectivity index (χ0) is 34.3. The van der Waals surface area contributed by atoms with Gasteiger partial charge in [-0.25, -0.2) is 14.4 Å². The fourth-order valence-corrected chi connectivity index (χ4v) is 4.32. The molecule has 0 aliphatic rings. The van der Waals surface area contributed by atoms with Crippen LogP contribution in [0.5, 0.6) is 5.75 Å². The normalized spacial score (nSPS) is 11.2. The Labute approximate surface area is 279 Å². The third-order valence-electron chi connectivity index (χ3n) is 6.57. The van der Waals surface area contributed by atoms with Crippen molar-refractivity contribution >= 4 is 24.2 Å². The lowest BCUT2D eigenvalue weighted by atomic mass is 10.1. The Morgan fingerprint density at radius 3 is 2.26 bits per heavy atom. The predicted octanol–water partition coefficient (Wildman–Crippen LogP) is 7.10. The van der Waals surface area contributed by atoms with Crippen LogP contribution in [-0.2, 0) is 22.6 Å². The molecule has 0 radical (unpaired) electrons. The maximum absolute atomic E-state index is 13.3. The summed E-state index contributed by atoms with van der Waals surface area (Å²) in [5.41, 5.74) is 1.01. The monoisotopic (exact) mass is 649 g/mol. The largest absolute Gasteiger partial charge is 0.489 e. The number of para-hydroxylation sites is 1. The molecule has 0 fully saturated rings. The first-order chi connectivity index (χ1) is 22.6. The van der Waals surface area contributed by atoms with Crippen LogP contribution in [0.25, 0.3) is 0 Å². The SMILES string of the molecule is C=CCOc1ccccc1CN/C(=N\C(=O)OC(C)(C)C)NC(=O)N(CC=C)CCCCCCCCNC(=O)OCc1ccccc1. The van der Waals surface area contributed by atoms with E-state index in [1.807, 2.05) is 54.6 Å². The second kappa shape index (κ2) is 21.9.